The fourth-order valence-corrected chi connectivity index (χ4v) is 3.08. The third-order valence-electron chi connectivity index (χ3n) is 4.19. The molecule has 4 heteroatoms. The minimum absolute atomic E-state index is 0. The van der Waals surface area contributed by atoms with Gasteiger partial charge in [0.15, 0.2) is 0 Å². The molecular weight excluding hydrogens is 284 g/mol. The molecule has 21 heavy (non-hydrogen) atoms. The van der Waals surface area contributed by atoms with Crippen LogP contribution >= 0.6 is 12.4 Å². The van der Waals surface area contributed by atoms with Crippen molar-refractivity contribution < 1.29 is 4.79 Å². The number of carbonyl (C=O) groups is 1. The van der Waals surface area contributed by atoms with E-state index in [9.17, 15) is 4.79 Å². The molecule has 1 aliphatic heterocycles. The zero-order chi connectivity index (χ0) is 14.5. The minimum atomic E-state index is 0. The number of halogens is 1. The lowest BCUT2D eigenvalue weighted by Crippen LogP contribution is -2.51. The van der Waals surface area contributed by atoms with Gasteiger partial charge in [-0.1, -0.05) is 29.8 Å². The van der Waals surface area contributed by atoms with Crippen molar-refractivity contribution in [3.63, 3.8) is 0 Å². The molecule has 2 N–H and O–H groups in total. The molecule has 1 saturated heterocycles. The number of likely N-dealkylation sites (tertiary alicyclic amines) is 1. The Labute approximate surface area is 134 Å². The normalized spacial score (nSPS) is 19.8. The van der Waals surface area contributed by atoms with E-state index in [-0.39, 0.29) is 30.4 Å². The van der Waals surface area contributed by atoms with Crippen molar-refractivity contribution in [3.8, 4) is 0 Å². The number of hydrogen-bond donors (Lipinski definition) is 1. The van der Waals surface area contributed by atoms with Gasteiger partial charge in [-0.2, -0.15) is 0 Å². The summed E-state index contributed by atoms with van der Waals surface area (Å²) in [7, 11) is 0. The van der Waals surface area contributed by atoms with Crippen molar-refractivity contribution in [2.75, 3.05) is 6.54 Å². The Morgan fingerprint density at radius 3 is 2.86 bits per heavy atom. The van der Waals surface area contributed by atoms with Crippen LogP contribution in [0, 0.1) is 6.92 Å². The number of piperidine rings is 1. The van der Waals surface area contributed by atoms with Gasteiger partial charge in [0, 0.05) is 25.0 Å². The average molecular weight is 311 g/mol. The number of nitrogens with two attached hydrogens (primary N) is 1. The van der Waals surface area contributed by atoms with Crippen LogP contribution in [0.3, 0.4) is 0 Å². The van der Waals surface area contributed by atoms with Crippen molar-refractivity contribution in [2.45, 2.75) is 58.0 Å². The predicted molar refractivity (Wildman–Crippen MR) is 89.7 cm³/mol. The molecule has 2 rings (SSSR count). The van der Waals surface area contributed by atoms with Crippen LogP contribution in [-0.4, -0.2) is 29.4 Å². The highest BCUT2D eigenvalue weighted by Crippen LogP contribution is 2.20. The molecule has 0 saturated carbocycles. The lowest BCUT2D eigenvalue weighted by atomic mass is 9.96. The van der Waals surface area contributed by atoms with E-state index in [1.165, 1.54) is 17.5 Å². The van der Waals surface area contributed by atoms with Gasteiger partial charge >= 0.3 is 0 Å². The molecule has 118 valence electrons. The Balaban J connectivity index is 0.00000220. The quantitative estimate of drug-likeness (QED) is 0.929. The molecule has 1 amide bonds. The Kier molecular flexibility index (Phi) is 7.20. The van der Waals surface area contributed by atoms with Crippen molar-refractivity contribution in [1.82, 2.24) is 4.90 Å². The zero-order valence-electron chi connectivity index (χ0n) is 13.0. The fourth-order valence-electron chi connectivity index (χ4n) is 3.08. The maximum absolute atomic E-state index is 12.4. The molecule has 0 spiro atoms. The van der Waals surface area contributed by atoms with Crippen LogP contribution in [0.15, 0.2) is 24.3 Å². The van der Waals surface area contributed by atoms with Crippen LogP contribution in [0.2, 0.25) is 0 Å². The zero-order valence-corrected chi connectivity index (χ0v) is 13.9. The summed E-state index contributed by atoms with van der Waals surface area (Å²) in [5.74, 6) is 0.258. The summed E-state index contributed by atoms with van der Waals surface area (Å²) >= 11 is 0. The van der Waals surface area contributed by atoms with Gasteiger partial charge in [0.05, 0.1) is 0 Å². The first-order valence-corrected chi connectivity index (χ1v) is 7.68. The lowest BCUT2D eigenvalue weighted by molar-refractivity contribution is -0.135. The van der Waals surface area contributed by atoms with Gasteiger partial charge in [0.25, 0.3) is 0 Å². The number of benzene rings is 1. The number of hydrogen-bond acceptors (Lipinski definition) is 2. The van der Waals surface area contributed by atoms with Crippen LogP contribution in [-0.2, 0) is 11.2 Å². The molecule has 1 aromatic rings. The van der Waals surface area contributed by atoms with Crippen molar-refractivity contribution >= 4 is 18.3 Å². The molecule has 0 aliphatic carbocycles. The topological polar surface area (TPSA) is 46.3 Å². The van der Waals surface area contributed by atoms with Gasteiger partial charge in [-0.3, -0.25) is 4.79 Å². The Hall–Kier alpha value is -1.06. The van der Waals surface area contributed by atoms with Crippen molar-refractivity contribution in [2.24, 2.45) is 5.73 Å². The van der Waals surface area contributed by atoms with E-state index in [4.69, 9.17) is 5.73 Å². The summed E-state index contributed by atoms with van der Waals surface area (Å²) in [6.45, 7) is 4.97. The Morgan fingerprint density at radius 2 is 2.19 bits per heavy atom. The second kappa shape index (κ2) is 8.40. The first kappa shape index (κ1) is 18.0. The molecular formula is C17H27ClN2O. The standard InChI is InChI=1S/C17H26N2O.ClH/c1-13-6-5-7-15(12-13)9-10-17(20)19-11-4-3-8-16(19)14(2)18;/h5-7,12,14,16H,3-4,8-11,18H2,1-2H3;1H. The number of carbonyl (C=O) groups excluding carboxylic acids is 1. The smallest absolute Gasteiger partial charge is 0.223 e. The van der Waals surface area contributed by atoms with E-state index in [1.807, 2.05) is 11.8 Å². The van der Waals surface area contributed by atoms with Crippen LogP contribution in [0.25, 0.3) is 0 Å². The molecule has 2 atom stereocenters. The van der Waals surface area contributed by atoms with E-state index in [1.54, 1.807) is 0 Å². The fraction of sp³-hybridized carbons (Fsp3) is 0.588. The van der Waals surface area contributed by atoms with Gasteiger partial charge < -0.3 is 10.6 Å². The highest BCUT2D eigenvalue weighted by Gasteiger charge is 2.28. The van der Waals surface area contributed by atoms with Gasteiger partial charge in [-0.15, -0.1) is 12.4 Å². The van der Waals surface area contributed by atoms with E-state index < -0.39 is 0 Å². The molecule has 0 radical (unpaired) electrons. The van der Waals surface area contributed by atoms with Crippen molar-refractivity contribution in [3.05, 3.63) is 35.4 Å². The molecule has 2 unspecified atom stereocenters. The number of aryl methyl sites for hydroxylation is 2. The minimum Gasteiger partial charge on any atom is -0.338 e. The second-order valence-corrected chi connectivity index (χ2v) is 6.00. The summed E-state index contributed by atoms with van der Waals surface area (Å²) in [6.07, 6.45) is 4.76. The highest BCUT2D eigenvalue weighted by molar-refractivity contribution is 5.85. The monoisotopic (exact) mass is 310 g/mol. The summed E-state index contributed by atoms with van der Waals surface area (Å²) in [5, 5.41) is 0. The molecule has 1 fully saturated rings. The highest BCUT2D eigenvalue weighted by atomic mass is 35.5. The van der Waals surface area contributed by atoms with Crippen LogP contribution in [0.5, 0.6) is 0 Å². The number of amides is 1. The number of rotatable bonds is 4. The van der Waals surface area contributed by atoms with Crippen LogP contribution < -0.4 is 5.73 Å². The molecule has 1 heterocycles. The summed E-state index contributed by atoms with van der Waals surface area (Å²) < 4.78 is 0. The summed E-state index contributed by atoms with van der Waals surface area (Å²) in [4.78, 5) is 14.5. The third kappa shape index (κ3) is 5.01. The first-order chi connectivity index (χ1) is 9.58. The van der Waals surface area contributed by atoms with E-state index >= 15 is 0 Å². The summed E-state index contributed by atoms with van der Waals surface area (Å²) in [6, 6.07) is 8.70. The van der Waals surface area contributed by atoms with Gasteiger partial charge in [-0.25, -0.2) is 0 Å². The SMILES string of the molecule is Cc1cccc(CCC(=O)N2CCCCC2C(C)N)c1.Cl. The largest absolute Gasteiger partial charge is 0.338 e. The molecule has 3 nitrogen and oxygen atoms in total. The predicted octanol–water partition coefficient (Wildman–Crippen LogP) is 3.08. The second-order valence-electron chi connectivity index (χ2n) is 6.00. The Bertz CT molecular complexity index is 462. The molecule has 0 aromatic heterocycles. The van der Waals surface area contributed by atoms with Crippen molar-refractivity contribution in [1.29, 1.82) is 0 Å². The van der Waals surface area contributed by atoms with Crippen LogP contribution in [0.1, 0.15) is 43.7 Å². The van der Waals surface area contributed by atoms with E-state index in [0.717, 1.165) is 25.8 Å². The maximum Gasteiger partial charge on any atom is 0.223 e. The average Bonchev–Trinajstić information content (AvgIpc) is 2.45. The lowest BCUT2D eigenvalue weighted by Gasteiger charge is -2.38. The Morgan fingerprint density at radius 1 is 1.43 bits per heavy atom. The third-order valence-corrected chi connectivity index (χ3v) is 4.19. The van der Waals surface area contributed by atoms with Gasteiger partial charge in [-0.05, 0) is 45.1 Å². The maximum atomic E-state index is 12.4. The molecule has 1 aromatic carbocycles. The van der Waals surface area contributed by atoms with Gasteiger partial charge in [0.1, 0.15) is 0 Å². The molecule has 1 aliphatic rings. The first-order valence-electron chi connectivity index (χ1n) is 7.68. The van der Waals surface area contributed by atoms with E-state index in [0.29, 0.717) is 6.42 Å². The molecule has 0 bridgehead atoms. The van der Waals surface area contributed by atoms with Gasteiger partial charge in [0.2, 0.25) is 5.91 Å². The van der Waals surface area contributed by atoms with E-state index in [2.05, 4.69) is 31.2 Å². The summed E-state index contributed by atoms with van der Waals surface area (Å²) in [5.41, 5.74) is 8.52. The van der Waals surface area contributed by atoms with Crippen LogP contribution in [0.4, 0.5) is 0 Å². The number of nitrogens with zero attached hydrogens (tertiary/aromatic N) is 1.